The van der Waals surface area contributed by atoms with E-state index in [9.17, 15) is 0 Å². The van der Waals surface area contributed by atoms with Crippen LogP contribution >= 0.6 is 0 Å². The Bertz CT molecular complexity index is 276. The fourth-order valence-corrected chi connectivity index (χ4v) is 2.43. The van der Waals surface area contributed by atoms with Gasteiger partial charge in [-0.3, -0.25) is 4.98 Å². The van der Waals surface area contributed by atoms with Crippen molar-refractivity contribution in [2.24, 2.45) is 5.92 Å². The second-order valence-electron chi connectivity index (χ2n) is 4.43. The van der Waals surface area contributed by atoms with Crippen molar-refractivity contribution in [2.75, 3.05) is 18.0 Å². The highest BCUT2D eigenvalue weighted by molar-refractivity contribution is 5.43. The third-order valence-electron chi connectivity index (χ3n) is 3.32. The molecule has 15 heavy (non-hydrogen) atoms. The van der Waals surface area contributed by atoms with E-state index in [1.165, 1.54) is 44.5 Å². The number of pyridine rings is 1. The van der Waals surface area contributed by atoms with Crippen molar-refractivity contribution < 1.29 is 0 Å². The lowest BCUT2D eigenvalue weighted by molar-refractivity contribution is 0.378. The molecule has 0 aromatic carbocycles. The molecular weight excluding hydrogens is 184 g/mol. The first kappa shape index (κ1) is 10.5. The highest BCUT2D eigenvalue weighted by atomic mass is 15.1. The van der Waals surface area contributed by atoms with Gasteiger partial charge in [-0.05, 0) is 30.9 Å². The molecule has 1 saturated heterocycles. The topological polar surface area (TPSA) is 16.1 Å². The van der Waals surface area contributed by atoms with Crippen LogP contribution < -0.4 is 4.90 Å². The number of hydrogen-bond acceptors (Lipinski definition) is 2. The van der Waals surface area contributed by atoms with E-state index < -0.39 is 0 Å². The van der Waals surface area contributed by atoms with Crippen LogP contribution in [-0.2, 0) is 0 Å². The summed E-state index contributed by atoms with van der Waals surface area (Å²) in [6, 6.07) is 4.18. The van der Waals surface area contributed by atoms with Crippen molar-refractivity contribution in [3.8, 4) is 0 Å². The zero-order valence-corrected chi connectivity index (χ0v) is 9.52. The monoisotopic (exact) mass is 204 g/mol. The van der Waals surface area contributed by atoms with Gasteiger partial charge >= 0.3 is 0 Å². The lowest BCUT2D eigenvalue weighted by atomic mass is 9.92. The zero-order chi connectivity index (χ0) is 10.5. The van der Waals surface area contributed by atoms with Gasteiger partial charge < -0.3 is 4.90 Å². The van der Waals surface area contributed by atoms with Crippen LogP contribution in [0.4, 0.5) is 5.69 Å². The van der Waals surface area contributed by atoms with E-state index in [0.717, 1.165) is 5.92 Å². The summed E-state index contributed by atoms with van der Waals surface area (Å²) in [6.07, 6.45) is 9.25. The number of anilines is 1. The van der Waals surface area contributed by atoms with Crippen LogP contribution in [0, 0.1) is 5.92 Å². The Kier molecular flexibility index (Phi) is 3.59. The highest BCUT2D eigenvalue weighted by Crippen LogP contribution is 2.25. The first-order valence-electron chi connectivity index (χ1n) is 6.05. The van der Waals surface area contributed by atoms with Crippen LogP contribution in [0.1, 0.15) is 32.6 Å². The number of hydrogen-bond donors (Lipinski definition) is 0. The summed E-state index contributed by atoms with van der Waals surface area (Å²) in [5.74, 6) is 0.961. The molecule has 2 nitrogen and oxygen atoms in total. The Morgan fingerprint density at radius 2 is 2.20 bits per heavy atom. The van der Waals surface area contributed by atoms with Crippen molar-refractivity contribution in [3.05, 3.63) is 24.5 Å². The summed E-state index contributed by atoms with van der Waals surface area (Å²) in [4.78, 5) is 6.63. The van der Waals surface area contributed by atoms with Crippen LogP contribution in [-0.4, -0.2) is 18.1 Å². The summed E-state index contributed by atoms with van der Waals surface area (Å²) in [5.41, 5.74) is 1.28. The van der Waals surface area contributed by atoms with Crippen molar-refractivity contribution >= 4 is 5.69 Å². The van der Waals surface area contributed by atoms with Gasteiger partial charge in [-0.15, -0.1) is 0 Å². The first-order valence-corrected chi connectivity index (χ1v) is 6.05. The molecule has 2 rings (SSSR count). The normalized spacial score (nSPS) is 18.1. The molecule has 0 saturated carbocycles. The zero-order valence-electron chi connectivity index (χ0n) is 9.52. The van der Waals surface area contributed by atoms with Gasteiger partial charge in [0.05, 0.1) is 11.9 Å². The van der Waals surface area contributed by atoms with Gasteiger partial charge in [0.2, 0.25) is 0 Å². The highest BCUT2D eigenvalue weighted by Gasteiger charge is 2.18. The molecule has 1 aromatic heterocycles. The summed E-state index contributed by atoms with van der Waals surface area (Å²) < 4.78 is 0. The molecule has 0 atom stereocenters. The molecule has 0 bridgehead atoms. The van der Waals surface area contributed by atoms with Crippen molar-refractivity contribution in [1.29, 1.82) is 0 Å². The molecule has 0 aliphatic carbocycles. The molecule has 1 aliphatic rings. The smallest absolute Gasteiger partial charge is 0.0552 e. The number of piperidine rings is 1. The van der Waals surface area contributed by atoms with E-state index in [1.54, 1.807) is 0 Å². The fraction of sp³-hybridized carbons (Fsp3) is 0.615. The minimum atomic E-state index is 0.961. The second-order valence-corrected chi connectivity index (χ2v) is 4.43. The molecule has 2 heterocycles. The average molecular weight is 204 g/mol. The van der Waals surface area contributed by atoms with Gasteiger partial charge in [-0.25, -0.2) is 0 Å². The van der Waals surface area contributed by atoms with Crippen molar-refractivity contribution in [1.82, 2.24) is 4.98 Å². The van der Waals surface area contributed by atoms with Crippen molar-refractivity contribution in [2.45, 2.75) is 32.6 Å². The molecule has 0 spiro atoms. The van der Waals surface area contributed by atoms with E-state index >= 15 is 0 Å². The Morgan fingerprint density at radius 3 is 2.80 bits per heavy atom. The minimum absolute atomic E-state index is 0.961. The predicted molar refractivity (Wildman–Crippen MR) is 64.1 cm³/mol. The maximum absolute atomic E-state index is 4.17. The molecule has 1 aliphatic heterocycles. The van der Waals surface area contributed by atoms with Gasteiger partial charge in [0, 0.05) is 19.3 Å². The fourth-order valence-electron chi connectivity index (χ4n) is 2.43. The van der Waals surface area contributed by atoms with Crippen LogP contribution in [0.25, 0.3) is 0 Å². The van der Waals surface area contributed by atoms with E-state index in [2.05, 4.69) is 22.9 Å². The van der Waals surface area contributed by atoms with Crippen LogP contribution in [0.15, 0.2) is 24.5 Å². The minimum Gasteiger partial charge on any atom is -0.370 e. The summed E-state index contributed by atoms with van der Waals surface area (Å²) in [5, 5.41) is 0. The Balaban J connectivity index is 1.88. The standard InChI is InChI=1S/C13H20N2/c1-2-4-12-6-9-15(10-7-12)13-5-3-8-14-11-13/h3,5,8,11-12H,2,4,6-7,9-10H2,1H3. The quantitative estimate of drug-likeness (QED) is 0.752. The van der Waals surface area contributed by atoms with Crippen LogP contribution in [0.3, 0.4) is 0 Å². The van der Waals surface area contributed by atoms with Crippen LogP contribution in [0.5, 0.6) is 0 Å². The molecule has 0 radical (unpaired) electrons. The SMILES string of the molecule is CCCC1CCN(c2cccnc2)CC1. The number of aromatic nitrogens is 1. The van der Waals surface area contributed by atoms with Gasteiger partial charge in [0.1, 0.15) is 0 Å². The molecule has 1 fully saturated rings. The Labute approximate surface area is 92.3 Å². The third-order valence-corrected chi connectivity index (χ3v) is 3.32. The largest absolute Gasteiger partial charge is 0.370 e. The van der Waals surface area contributed by atoms with E-state index in [-0.39, 0.29) is 0 Å². The number of nitrogens with zero attached hydrogens (tertiary/aromatic N) is 2. The third kappa shape index (κ3) is 2.71. The summed E-state index contributed by atoms with van der Waals surface area (Å²) in [7, 11) is 0. The number of rotatable bonds is 3. The Morgan fingerprint density at radius 1 is 1.40 bits per heavy atom. The molecule has 2 heteroatoms. The molecule has 1 aromatic rings. The summed E-state index contributed by atoms with van der Waals surface area (Å²) in [6.45, 7) is 4.69. The van der Waals surface area contributed by atoms with Gasteiger partial charge in [0.15, 0.2) is 0 Å². The maximum atomic E-state index is 4.17. The van der Waals surface area contributed by atoms with E-state index in [4.69, 9.17) is 0 Å². The lowest BCUT2D eigenvalue weighted by Gasteiger charge is -2.33. The van der Waals surface area contributed by atoms with E-state index in [1.807, 2.05) is 18.5 Å². The van der Waals surface area contributed by atoms with E-state index in [0.29, 0.717) is 0 Å². The maximum Gasteiger partial charge on any atom is 0.0552 e. The van der Waals surface area contributed by atoms with Gasteiger partial charge in [-0.1, -0.05) is 19.8 Å². The summed E-state index contributed by atoms with van der Waals surface area (Å²) >= 11 is 0. The molecule has 0 amide bonds. The van der Waals surface area contributed by atoms with Crippen molar-refractivity contribution in [3.63, 3.8) is 0 Å². The first-order chi connectivity index (χ1) is 7.40. The molecule has 0 unspecified atom stereocenters. The lowest BCUT2D eigenvalue weighted by Crippen LogP contribution is -2.33. The molecular formula is C13H20N2. The van der Waals surface area contributed by atoms with Gasteiger partial charge in [0.25, 0.3) is 0 Å². The predicted octanol–water partition coefficient (Wildman–Crippen LogP) is 3.10. The second kappa shape index (κ2) is 5.15. The van der Waals surface area contributed by atoms with Crippen LogP contribution in [0.2, 0.25) is 0 Å². The average Bonchev–Trinajstić information content (AvgIpc) is 2.32. The van der Waals surface area contributed by atoms with Gasteiger partial charge in [-0.2, -0.15) is 0 Å². The molecule has 82 valence electrons. The molecule has 0 N–H and O–H groups in total. The Hall–Kier alpha value is -1.05.